The Labute approximate surface area is 151 Å². The molecule has 1 heterocycles. The highest BCUT2D eigenvalue weighted by molar-refractivity contribution is 6.31. The lowest BCUT2D eigenvalue weighted by molar-refractivity contribution is -0.118. The van der Waals surface area contributed by atoms with Gasteiger partial charge in [0, 0.05) is 18.0 Å². The van der Waals surface area contributed by atoms with E-state index in [4.69, 9.17) is 16.3 Å². The highest BCUT2D eigenvalue weighted by atomic mass is 35.5. The summed E-state index contributed by atoms with van der Waals surface area (Å²) in [5, 5.41) is 3.47. The molecule has 1 N–H and O–H groups in total. The first-order valence-electron chi connectivity index (χ1n) is 8.13. The molecule has 2 aromatic carbocycles. The average molecular weight is 359 g/mol. The summed E-state index contributed by atoms with van der Waals surface area (Å²) in [5.41, 5.74) is 2.22. The number of aryl methyl sites for hydroxylation is 1. The van der Waals surface area contributed by atoms with Gasteiger partial charge in [0.25, 0.3) is 5.91 Å². The molecule has 0 spiro atoms. The molecule has 1 saturated heterocycles. The number of halogens is 1. The molecular formula is C19H19ClN2O3. The molecule has 1 aliphatic heterocycles. The van der Waals surface area contributed by atoms with Crippen molar-refractivity contribution in [2.24, 2.45) is 0 Å². The van der Waals surface area contributed by atoms with Crippen LogP contribution in [0.4, 0.5) is 11.4 Å². The summed E-state index contributed by atoms with van der Waals surface area (Å²) in [6.07, 6.45) is 1.38. The zero-order valence-electron chi connectivity index (χ0n) is 13.9. The van der Waals surface area contributed by atoms with Gasteiger partial charge in [0.15, 0.2) is 6.61 Å². The van der Waals surface area contributed by atoms with Crippen molar-refractivity contribution in [3.8, 4) is 5.75 Å². The summed E-state index contributed by atoms with van der Waals surface area (Å²) in [7, 11) is 0. The number of para-hydroxylation sites is 2. The smallest absolute Gasteiger partial charge is 0.262 e. The van der Waals surface area contributed by atoms with Gasteiger partial charge in [-0.3, -0.25) is 9.59 Å². The molecule has 6 heteroatoms. The van der Waals surface area contributed by atoms with Crippen LogP contribution in [0.1, 0.15) is 18.4 Å². The molecule has 0 unspecified atom stereocenters. The Balaban J connectivity index is 1.65. The van der Waals surface area contributed by atoms with Gasteiger partial charge in [-0.15, -0.1) is 0 Å². The Hall–Kier alpha value is -2.53. The Bertz CT molecular complexity index is 807. The number of nitrogens with zero attached hydrogens (tertiary/aromatic N) is 1. The third-order valence-electron chi connectivity index (χ3n) is 4.04. The summed E-state index contributed by atoms with van der Waals surface area (Å²) in [6.45, 7) is 2.42. The number of hydrogen-bond donors (Lipinski definition) is 1. The summed E-state index contributed by atoms with van der Waals surface area (Å²) in [4.78, 5) is 25.9. The molecule has 2 aromatic rings. The summed E-state index contributed by atoms with van der Waals surface area (Å²) in [5.74, 6) is 0.376. The van der Waals surface area contributed by atoms with Gasteiger partial charge >= 0.3 is 0 Å². The number of carbonyl (C=O) groups is 2. The largest absolute Gasteiger partial charge is 0.484 e. The molecule has 0 aromatic heterocycles. The zero-order chi connectivity index (χ0) is 17.8. The Morgan fingerprint density at radius 1 is 1.28 bits per heavy atom. The second kappa shape index (κ2) is 7.57. The minimum absolute atomic E-state index is 0.0783. The van der Waals surface area contributed by atoms with Crippen LogP contribution in [0.15, 0.2) is 42.5 Å². The normalized spacial score (nSPS) is 13.8. The van der Waals surface area contributed by atoms with Gasteiger partial charge in [-0.05, 0) is 49.2 Å². The molecule has 1 fully saturated rings. The van der Waals surface area contributed by atoms with Gasteiger partial charge in [-0.25, -0.2) is 0 Å². The molecule has 0 saturated carbocycles. The molecule has 1 aliphatic rings. The highest BCUT2D eigenvalue weighted by Gasteiger charge is 2.24. The monoisotopic (exact) mass is 358 g/mol. The predicted molar refractivity (Wildman–Crippen MR) is 98.3 cm³/mol. The molecule has 0 aliphatic carbocycles. The SMILES string of the molecule is Cc1cc(OCC(=O)Nc2ccccc2N2CCCC2=O)ccc1Cl. The van der Waals surface area contributed by atoms with Crippen LogP contribution >= 0.6 is 11.6 Å². The van der Waals surface area contributed by atoms with E-state index < -0.39 is 0 Å². The highest BCUT2D eigenvalue weighted by Crippen LogP contribution is 2.29. The zero-order valence-corrected chi connectivity index (χ0v) is 14.7. The summed E-state index contributed by atoms with van der Waals surface area (Å²) < 4.78 is 5.51. The molecule has 25 heavy (non-hydrogen) atoms. The van der Waals surface area contributed by atoms with E-state index in [-0.39, 0.29) is 18.4 Å². The van der Waals surface area contributed by atoms with Crippen molar-refractivity contribution in [1.29, 1.82) is 0 Å². The lowest BCUT2D eigenvalue weighted by Crippen LogP contribution is -2.26. The molecular weight excluding hydrogens is 340 g/mol. The molecule has 5 nitrogen and oxygen atoms in total. The summed E-state index contributed by atoms with van der Waals surface area (Å²) in [6, 6.07) is 12.5. The van der Waals surface area contributed by atoms with E-state index in [1.807, 2.05) is 25.1 Å². The van der Waals surface area contributed by atoms with Crippen molar-refractivity contribution >= 4 is 34.8 Å². The van der Waals surface area contributed by atoms with E-state index >= 15 is 0 Å². The van der Waals surface area contributed by atoms with Crippen LogP contribution in [0, 0.1) is 6.92 Å². The topological polar surface area (TPSA) is 58.6 Å². The van der Waals surface area contributed by atoms with Crippen molar-refractivity contribution in [3.05, 3.63) is 53.1 Å². The van der Waals surface area contributed by atoms with E-state index in [2.05, 4.69) is 5.32 Å². The quantitative estimate of drug-likeness (QED) is 0.884. The standard InChI is InChI=1S/C19H19ClN2O3/c1-13-11-14(8-9-15(13)20)25-12-18(23)21-16-5-2-3-6-17(16)22-10-4-7-19(22)24/h2-3,5-6,8-9,11H,4,7,10,12H2,1H3,(H,21,23). The minimum Gasteiger partial charge on any atom is -0.484 e. The van der Waals surface area contributed by atoms with Crippen LogP contribution < -0.4 is 15.0 Å². The molecule has 130 valence electrons. The number of ether oxygens (including phenoxy) is 1. The number of rotatable bonds is 5. The Morgan fingerprint density at radius 3 is 2.80 bits per heavy atom. The van der Waals surface area contributed by atoms with Crippen LogP contribution in [-0.4, -0.2) is 25.0 Å². The first-order chi connectivity index (χ1) is 12.0. The lowest BCUT2D eigenvalue weighted by atomic mass is 10.2. The number of anilines is 2. The number of hydrogen-bond acceptors (Lipinski definition) is 3. The number of benzene rings is 2. The van der Waals surface area contributed by atoms with Crippen molar-refractivity contribution in [1.82, 2.24) is 0 Å². The van der Waals surface area contributed by atoms with Gasteiger partial charge in [0.1, 0.15) is 5.75 Å². The predicted octanol–water partition coefficient (Wildman–Crippen LogP) is 3.79. The average Bonchev–Trinajstić information content (AvgIpc) is 3.02. The Morgan fingerprint density at radius 2 is 2.08 bits per heavy atom. The van der Waals surface area contributed by atoms with Crippen LogP contribution in [0.5, 0.6) is 5.75 Å². The van der Waals surface area contributed by atoms with Gasteiger partial charge in [0.2, 0.25) is 5.91 Å². The molecule has 0 atom stereocenters. The van der Waals surface area contributed by atoms with Crippen molar-refractivity contribution in [2.45, 2.75) is 19.8 Å². The fourth-order valence-electron chi connectivity index (χ4n) is 2.76. The van der Waals surface area contributed by atoms with Crippen LogP contribution in [0.2, 0.25) is 5.02 Å². The van der Waals surface area contributed by atoms with Crippen molar-refractivity contribution < 1.29 is 14.3 Å². The van der Waals surface area contributed by atoms with E-state index in [9.17, 15) is 9.59 Å². The van der Waals surface area contributed by atoms with Gasteiger partial charge in [0.05, 0.1) is 11.4 Å². The minimum atomic E-state index is -0.285. The fraction of sp³-hybridized carbons (Fsp3) is 0.263. The van der Waals surface area contributed by atoms with Crippen molar-refractivity contribution in [3.63, 3.8) is 0 Å². The molecule has 0 radical (unpaired) electrons. The molecule has 0 bridgehead atoms. The number of carbonyl (C=O) groups excluding carboxylic acids is 2. The van der Waals surface area contributed by atoms with E-state index in [0.717, 1.165) is 17.7 Å². The Kier molecular flexibility index (Phi) is 5.24. The maximum atomic E-state index is 12.2. The maximum absolute atomic E-state index is 12.2. The lowest BCUT2D eigenvalue weighted by Gasteiger charge is -2.20. The third-order valence-corrected chi connectivity index (χ3v) is 4.47. The first-order valence-corrected chi connectivity index (χ1v) is 8.50. The van der Waals surface area contributed by atoms with Gasteiger partial charge < -0.3 is 15.0 Å². The van der Waals surface area contributed by atoms with E-state index in [1.165, 1.54) is 0 Å². The molecule has 2 amide bonds. The molecule has 3 rings (SSSR count). The summed E-state index contributed by atoms with van der Waals surface area (Å²) >= 11 is 5.98. The van der Waals surface area contributed by atoms with Gasteiger partial charge in [-0.1, -0.05) is 23.7 Å². The van der Waals surface area contributed by atoms with Crippen LogP contribution in [-0.2, 0) is 9.59 Å². The number of nitrogens with one attached hydrogen (secondary N) is 1. The van der Waals surface area contributed by atoms with Crippen LogP contribution in [0.3, 0.4) is 0 Å². The maximum Gasteiger partial charge on any atom is 0.262 e. The fourth-order valence-corrected chi connectivity index (χ4v) is 2.88. The van der Waals surface area contributed by atoms with Gasteiger partial charge in [-0.2, -0.15) is 0 Å². The van der Waals surface area contributed by atoms with Crippen molar-refractivity contribution in [2.75, 3.05) is 23.4 Å². The number of amides is 2. The second-order valence-electron chi connectivity index (χ2n) is 5.91. The second-order valence-corrected chi connectivity index (χ2v) is 6.32. The van der Waals surface area contributed by atoms with E-state index in [1.54, 1.807) is 29.2 Å². The van der Waals surface area contributed by atoms with E-state index in [0.29, 0.717) is 29.4 Å². The first kappa shape index (κ1) is 17.3. The third kappa shape index (κ3) is 4.12. The van der Waals surface area contributed by atoms with Crippen LogP contribution in [0.25, 0.3) is 0 Å².